The summed E-state index contributed by atoms with van der Waals surface area (Å²) >= 11 is 0. The van der Waals surface area contributed by atoms with Crippen LogP contribution in [0.25, 0.3) is 0 Å². The highest BCUT2D eigenvalue weighted by atomic mass is 16.5. The molecule has 0 N–H and O–H groups in total. The van der Waals surface area contributed by atoms with Crippen molar-refractivity contribution in [3.63, 3.8) is 0 Å². The fraction of sp³-hybridized carbons (Fsp3) is 0.333. The molecule has 4 nitrogen and oxygen atoms in total. The summed E-state index contributed by atoms with van der Waals surface area (Å²) in [4.78, 5) is 3.44. The third-order valence-electron chi connectivity index (χ3n) is 0.536. The van der Waals surface area contributed by atoms with Crippen LogP contribution >= 0.6 is 0 Å². The predicted octanol–water partition coefficient (Wildman–Crippen LogP) is 0.0001000. The summed E-state index contributed by atoms with van der Waals surface area (Å²) < 4.78 is 4.24. The first-order chi connectivity index (χ1) is 3.43. The van der Waals surface area contributed by atoms with Crippen LogP contribution in [-0.2, 0) is 11.7 Å². The van der Waals surface area contributed by atoms with Gasteiger partial charge in [-0.3, -0.25) is 0 Å². The van der Waals surface area contributed by atoms with Crippen LogP contribution in [0.3, 0.4) is 0 Å². The van der Waals surface area contributed by atoms with E-state index in [4.69, 9.17) is 0 Å². The van der Waals surface area contributed by atoms with Crippen LogP contribution in [0.4, 0.5) is 0 Å². The molecule has 0 unspecified atom stereocenters. The van der Waals surface area contributed by atoms with Gasteiger partial charge in [0, 0.05) is 0 Å². The lowest BCUT2D eigenvalue weighted by atomic mass is 10.7. The first-order valence-electron chi connectivity index (χ1n) is 1.77. The standard InChI is InChI=1S/C3H3N2O2/c6-1-3-4-2-7-5-3/h2H,1H2. The fourth-order valence-electron chi connectivity index (χ4n) is 0.256. The molecule has 0 saturated carbocycles. The summed E-state index contributed by atoms with van der Waals surface area (Å²) in [5, 5.41) is 13.0. The highest BCUT2D eigenvalue weighted by Crippen LogP contribution is 1.84. The van der Waals surface area contributed by atoms with Crippen molar-refractivity contribution in [1.29, 1.82) is 0 Å². The number of aromatic nitrogens is 2. The Labute approximate surface area is 39.8 Å². The molecule has 0 amide bonds. The molecule has 0 fully saturated rings. The first kappa shape index (κ1) is 4.26. The maximum Gasteiger partial charge on any atom is 0.213 e. The van der Waals surface area contributed by atoms with Crippen molar-refractivity contribution in [2.24, 2.45) is 0 Å². The zero-order chi connectivity index (χ0) is 5.11. The van der Waals surface area contributed by atoms with Crippen LogP contribution in [-0.4, -0.2) is 10.1 Å². The molecule has 1 radical (unpaired) electrons. The Balaban J connectivity index is 2.76. The van der Waals surface area contributed by atoms with Gasteiger partial charge in [0.1, 0.15) is 6.61 Å². The molecule has 1 aromatic rings. The van der Waals surface area contributed by atoms with Crippen LogP contribution in [0.15, 0.2) is 10.9 Å². The van der Waals surface area contributed by atoms with E-state index >= 15 is 0 Å². The van der Waals surface area contributed by atoms with Gasteiger partial charge >= 0.3 is 0 Å². The Morgan fingerprint density at radius 1 is 1.86 bits per heavy atom. The van der Waals surface area contributed by atoms with Gasteiger partial charge in [-0.05, 0) is 0 Å². The van der Waals surface area contributed by atoms with Crippen LogP contribution < -0.4 is 0 Å². The zero-order valence-electron chi connectivity index (χ0n) is 3.50. The molecule has 37 valence electrons. The lowest BCUT2D eigenvalue weighted by Gasteiger charge is -1.70. The molecule has 0 aliphatic carbocycles. The average Bonchev–Trinajstić information content (AvgIpc) is 2.14. The minimum Gasteiger partial charge on any atom is -0.343 e. The van der Waals surface area contributed by atoms with Crippen molar-refractivity contribution in [1.82, 2.24) is 10.1 Å². The van der Waals surface area contributed by atoms with Gasteiger partial charge in [0.05, 0.1) is 0 Å². The Hall–Kier alpha value is -0.900. The quantitative estimate of drug-likeness (QED) is 0.497. The molecule has 1 rings (SSSR count). The third-order valence-corrected chi connectivity index (χ3v) is 0.536. The third kappa shape index (κ3) is 0.747. The van der Waals surface area contributed by atoms with Crippen LogP contribution in [0.2, 0.25) is 0 Å². The van der Waals surface area contributed by atoms with Crippen LogP contribution in [0.5, 0.6) is 0 Å². The summed E-state index contributed by atoms with van der Waals surface area (Å²) in [5.74, 6) is 0.208. The lowest BCUT2D eigenvalue weighted by molar-refractivity contribution is 0.166. The van der Waals surface area contributed by atoms with E-state index in [0.29, 0.717) is 0 Å². The van der Waals surface area contributed by atoms with Gasteiger partial charge in [-0.1, -0.05) is 5.16 Å². The smallest absolute Gasteiger partial charge is 0.213 e. The molecule has 0 bridgehead atoms. The van der Waals surface area contributed by atoms with Gasteiger partial charge in [-0.25, -0.2) is 5.11 Å². The van der Waals surface area contributed by atoms with Crippen LogP contribution in [0, 0.1) is 0 Å². The van der Waals surface area contributed by atoms with E-state index in [1.165, 1.54) is 0 Å². The van der Waals surface area contributed by atoms with E-state index in [1.807, 2.05) is 0 Å². The molecule has 1 heterocycles. The second kappa shape index (κ2) is 1.70. The SMILES string of the molecule is [O]Cc1ncon1. The van der Waals surface area contributed by atoms with Gasteiger partial charge in [0.2, 0.25) is 12.2 Å². The largest absolute Gasteiger partial charge is 0.343 e. The number of rotatable bonds is 1. The van der Waals surface area contributed by atoms with Gasteiger partial charge in [0.25, 0.3) is 0 Å². The topological polar surface area (TPSA) is 58.8 Å². The monoisotopic (exact) mass is 99.0 g/mol. The Morgan fingerprint density at radius 3 is 3.00 bits per heavy atom. The summed E-state index contributed by atoms with van der Waals surface area (Å²) in [6, 6.07) is 0. The molecule has 0 atom stereocenters. The lowest BCUT2D eigenvalue weighted by Crippen LogP contribution is -1.80. The fourth-order valence-corrected chi connectivity index (χ4v) is 0.256. The summed E-state index contributed by atoms with van der Waals surface area (Å²) in [6.45, 7) is -0.406. The van der Waals surface area contributed by atoms with Gasteiger partial charge < -0.3 is 4.52 Å². The van der Waals surface area contributed by atoms with E-state index < -0.39 is 6.61 Å². The highest BCUT2D eigenvalue weighted by molar-refractivity contribution is 4.70. The zero-order valence-corrected chi connectivity index (χ0v) is 3.50. The first-order valence-corrected chi connectivity index (χ1v) is 1.77. The second-order valence-electron chi connectivity index (χ2n) is 0.992. The van der Waals surface area contributed by atoms with Crippen molar-refractivity contribution < 1.29 is 9.63 Å². The number of hydrogen-bond donors (Lipinski definition) is 0. The van der Waals surface area contributed by atoms with Crippen molar-refractivity contribution in [2.75, 3.05) is 0 Å². The van der Waals surface area contributed by atoms with E-state index in [-0.39, 0.29) is 5.82 Å². The van der Waals surface area contributed by atoms with E-state index in [9.17, 15) is 5.11 Å². The Bertz CT molecular complexity index is 125. The highest BCUT2D eigenvalue weighted by Gasteiger charge is 1.91. The molecular formula is C3H3N2O2. The van der Waals surface area contributed by atoms with Gasteiger partial charge in [-0.2, -0.15) is 4.98 Å². The van der Waals surface area contributed by atoms with Gasteiger partial charge in [-0.15, -0.1) is 0 Å². The molecule has 0 aromatic carbocycles. The maximum atomic E-state index is 9.81. The number of hydrogen-bond acceptors (Lipinski definition) is 3. The van der Waals surface area contributed by atoms with Crippen molar-refractivity contribution in [2.45, 2.75) is 6.61 Å². The van der Waals surface area contributed by atoms with E-state index in [0.717, 1.165) is 6.39 Å². The summed E-state index contributed by atoms with van der Waals surface area (Å²) in [7, 11) is 0. The van der Waals surface area contributed by atoms with Crippen molar-refractivity contribution in [3.8, 4) is 0 Å². The minimum atomic E-state index is -0.406. The van der Waals surface area contributed by atoms with Crippen molar-refractivity contribution in [3.05, 3.63) is 12.2 Å². The van der Waals surface area contributed by atoms with E-state index in [2.05, 4.69) is 14.7 Å². The van der Waals surface area contributed by atoms with Gasteiger partial charge in [0.15, 0.2) is 0 Å². The minimum absolute atomic E-state index is 0.208. The van der Waals surface area contributed by atoms with E-state index in [1.54, 1.807) is 0 Å². The summed E-state index contributed by atoms with van der Waals surface area (Å²) in [5.41, 5.74) is 0. The normalized spacial score (nSPS) is 9.29. The average molecular weight is 99.1 g/mol. The van der Waals surface area contributed by atoms with Crippen LogP contribution in [0.1, 0.15) is 5.82 Å². The molecule has 7 heavy (non-hydrogen) atoms. The predicted molar refractivity (Wildman–Crippen MR) is 18.7 cm³/mol. The molecule has 0 aliphatic rings. The summed E-state index contributed by atoms with van der Waals surface area (Å²) in [6.07, 6.45) is 1.13. The maximum absolute atomic E-state index is 9.81. The Morgan fingerprint density at radius 2 is 2.71 bits per heavy atom. The number of nitrogens with zero attached hydrogens (tertiary/aromatic N) is 2. The Kier molecular flexibility index (Phi) is 1.04. The molecular weight excluding hydrogens is 96.0 g/mol. The molecule has 0 spiro atoms. The van der Waals surface area contributed by atoms with Crippen molar-refractivity contribution >= 4 is 0 Å². The molecule has 0 aliphatic heterocycles. The molecule has 1 aromatic heterocycles. The molecule has 0 saturated heterocycles. The molecule has 4 heteroatoms. The second-order valence-corrected chi connectivity index (χ2v) is 0.992.